The van der Waals surface area contributed by atoms with Crippen molar-refractivity contribution in [3.05, 3.63) is 18.1 Å². The standard InChI is InChI=1S/C14H23N5O/c1-10(2)19(9-11-5-3-4-6-16-11)14-12(13(15)20)17-7-8-18-14/h7-8,10-11,16H,3-6,9H2,1-2H3,(H2,15,20). The third-order valence-electron chi connectivity index (χ3n) is 3.64. The van der Waals surface area contributed by atoms with Crippen LogP contribution in [0.25, 0.3) is 0 Å². The van der Waals surface area contributed by atoms with Crippen LogP contribution in [0.15, 0.2) is 12.4 Å². The first-order valence-corrected chi connectivity index (χ1v) is 7.20. The second kappa shape index (κ2) is 6.65. The smallest absolute Gasteiger partial charge is 0.271 e. The topological polar surface area (TPSA) is 84.1 Å². The number of nitrogens with zero attached hydrogens (tertiary/aromatic N) is 3. The van der Waals surface area contributed by atoms with Crippen molar-refractivity contribution in [2.75, 3.05) is 18.0 Å². The molecular weight excluding hydrogens is 254 g/mol. The highest BCUT2D eigenvalue weighted by molar-refractivity contribution is 5.95. The number of aromatic nitrogens is 2. The van der Waals surface area contributed by atoms with Crippen LogP contribution in [0, 0.1) is 0 Å². The average Bonchev–Trinajstić information content (AvgIpc) is 2.45. The van der Waals surface area contributed by atoms with Crippen molar-refractivity contribution in [3.63, 3.8) is 0 Å². The molecule has 1 fully saturated rings. The number of hydrogen-bond donors (Lipinski definition) is 2. The van der Waals surface area contributed by atoms with Crippen molar-refractivity contribution in [2.45, 2.75) is 45.2 Å². The van der Waals surface area contributed by atoms with Crippen molar-refractivity contribution in [2.24, 2.45) is 5.73 Å². The van der Waals surface area contributed by atoms with Gasteiger partial charge in [0.05, 0.1) is 0 Å². The zero-order chi connectivity index (χ0) is 14.5. The minimum atomic E-state index is -0.532. The Kier molecular flexibility index (Phi) is 4.89. The molecule has 2 rings (SSSR count). The van der Waals surface area contributed by atoms with Gasteiger partial charge >= 0.3 is 0 Å². The first-order valence-electron chi connectivity index (χ1n) is 7.20. The molecule has 2 heterocycles. The van der Waals surface area contributed by atoms with Crippen LogP contribution in [0.4, 0.5) is 5.82 Å². The Balaban J connectivity index is 2.21. The first-order chi connectivity index (χ1) is 9.59. The van der Waals surface area contributed by atoms with Crippen LogP contribution in [-0.4, -0.2) is 41.0 Å². The van der Waals surface area contributed by atoms with Gasteiger partial charge in [-0.3, -0.25) is 4.79 Å². The zero-order valence-electron chi connectivity index (χ0n) is 12.2. The number of nitrogens with two attached hydrogens (primary N) is 1. The molecule has 1 aliphatic heterocycles. The predicted octanol–water partition coefficient (Wildman–Crippen LogP) is 0.932. The highest BCUT2D eigenvalue weighted by atomic mass is 16.1. The summed E-state index contributed by atoms with van der Waals surface area (Å²) in [5.74, 6) is 0.0535. The number of nitrogens with one attached hydrogen (secondary N) is 1. The fourth-order valence-electron chi connectivity index (χ4n) is 2.57. The third kappa shape index (κ3) is 3.45. The number of amides is 1. The highest BCUT2D eigenvalue weighted by Crippen LogP contribution is 2.19. The van der Waals surface area contributed by atoms with E-state index in [4.69, 9.17) is 5.73 Å². The van der Waals surface area contributed by atoms with Gasteiger partial charge in [-0.15, -0.1) is 0 Å². The number of primary amides is 1. The van der Waals surface area contributed by atoms with Crippen LogP contribution in [0.3, 0.4) is 0 Å². The van der Waals surface area contributed by atoms with Gasteiger partial charge in [-0.05, 0) is 33.2 Å². The van der Waals surface area contributed by atoms with Crippen LogP contribution < -0.4 is 16.0 Å². The molecule has 1 aromatic heterocycles. The Bertz CT molecular complexity index is 457. The van der Waals surface area contributed by atoms with Gasteiger partial charge in [0, 0.05) is 31.0 Å². The molecule has 1 amide bonds. The number of anilines is 1. The monoisotopic (exact) mass is 277 g/mol. The van der Waals surface area contributed by atoms with Crippen LogP contribution in [-0.2, 0) is 0 Å². The molecule has 1 unspecified atom stereocenters. The summed E-state index contributed by atoms with van der Waals surface area (Å²) in [7, 11) is 0. The molecule has 1 saturated heterocycles. The fraction of sp³-hybridized carbons (Fsp3) is 0.643. The van der Waals surface area contributed by atoms with E-state index < -0.39 is 5.91 Å². The van der Waals surface area contributed by atoms with Gasteiger partial charge in [-0.2, -0.15) is 0 Å². The van der Waals surface area contributed by atoms with Gasteiger partial charge in [0.15, 0.2) is 11.5 Å². The van der Waals surface area contributed by atoms with E-state index in [1.165, 1.54) is 19.0 Å². The van der Waals surface area contributed by atoms with E-state index in [-0.39, 0.29) is 11.7 Å². The number of piperidine rings is 1. The van der Waals surface area contributed by atoms with Gasteiger partial charge in [-0.1, -0.05) is 6.42 Å². The molecule has 0 spiro atoms. The lowest BCUT2D eigenvalue weighted by Crippen LogP contribution is -2.47. The van der Waals surface area contributed by atoms with E-state index in [2.05, 4.69) is 34.0 Å². The maximum Gasteiger partial charge on any atom is 0.271 e. The van der Waals surface area contributed by atoms with E-state index in [1.807, 2.05) is 0 Å². The zero-order valence-corrected chi connectivity index (χ0v) is 12.2. The quantitative estimate of drug-likeness (QED) is 0.836. The summed E-state index contributed by atoms with van der Waals surface area (Å²) in [5.41, 5.74) is 5.65. The Morgan fingerprint density at radius 1 is 1.45 bits per heavy atom. The lowest BCUT2D eigenvalue weighted by atomic mass is 10.0. The van der Waals surface area contributed by atoms with E-state index in [1.54, 1.807) is 6.20 Å². The number of carbonyl (C=O) groups excluding carboxylic acids is 1. The van der Waals surface area contributed by atoms with Crippen LogP contribution in [0.2, 0.25) is 0 Å². The molecule has 0 bridgehead atoms. The molecule has 1 aromatic rings. The summed E-state index contributed by atoms with van der Waals surface area (Å²) in [6.07, 6.45) is 6.73. The minimum Gasteiger partial charge on any atom is -0.364 e. The molecule has 1 aliphatic rings. The van der Waals surface area contributed by atoms with Crippen molar-refractivity contribution < 1.29 is 4.79 Å². The van der Waals surface area contributed by atoms with Gasteiger partial charge in [0.25, 0.3) is 5.91 Å². The molecule has 0 radical (unpaired) electrons. The van der Waals surface area contributed by atoms with Gasteiger partial charge in [0.2, 0.25) is 0 Å². The van der Waals surface area contributed by atoms with Gasteiger partial charge in [-0.25, -0.2) is 9.97 Å². The van der Waals surface area contributed by atoms with Gasteiger partial charge < -0.3 is 16.0 Å². The second-order valence-electron chi connectivity index (χ2n) is 5.49. The Morgan fingerprint density at radius 2 is 2.20 bits per heavy atom. The molecule has 20 heavy (non-hydrogen) atoms. The number of carbonyl (C=O) groups is 1. The second-order valence-corrected chi connectivity index (χ2v) is 5.49. The minimum absolute atomic E-state index is 0.230. The van der Waals surface area contributed by atoms with Crippen LogP contribution in [0.5, 0.6) is 0 Å². The van der Waals surface area contributed by atoms with Crippen LogP contribution >= 0.6 is 0 Å². The number of rotatable bonds is 5. The van der Waals surface area contributed by atoms with Crippen LogP contribution in [0.1, 0.15) is 43.6 Å². The van der Waals surface area contributed by atoms with E-state index >= 15 is 0 Å². The van der Waals surface area contributed by atoms with E-state index in [0.717, 1.165) is 19.5 Å². The van der Waals surface area contributed by atoms with Crippen molar-refractivity contribution in [3.8, 4) is 0 Å². The molecule has 0 aliphatic carbocycles. The summed E-state index contributed by atoms with van der Waals surface area (Å²) < 4.78 is 0. The summed E-state index contributed by atoms with van der Waals surface area (Å²) in [5, 5.41) is 3.52. The predicted molar refractivity (Wildman–Crippen MR) is 78.7 cm³/mol. The van der Waals surface area contributed by atoms with Crippen molar-refractivity contribution in [1.29, 1.82) is 0 Å². The lowest BCUT2D eigenvalue weighted by molar-refractivity contribution is 0.0995. The SMILES string of the molecule is CC(C)N(CC1CCCCN1)c1nccnc1C(N)=O. The molecule has 1 atom stereocenters. The number of hydrogen-bond acceptors (Lipinski definition) is 5. The van der Waals surface area contributed by atoms with E-state index in [9.17, 15) is 4.79 Å². The molecular formula is C14H23N5O. The summed E-state index contributed by atoms with van der Waals surface area (Å²) in [4.78, 5) is 22.0. The maximum atomic E-state index is 11.5. The summed E-state index contributed by atoms with van der Waals surface area (Å²) in [6, 6.07) is 0.655. The summed E-state index contributed by atoms with van der Waals surface area (Å²) >= 11 is 0. The Morgan fingerprint density at radius 3 is 2.80 bits per heavy atom. The third-order valence-corrected chi connectivity index (χ3v) is 3.64. The molecule has 0 aromatic carbocycles. The molecule has 110 valence electrons. The largest absolute Gasteiger partial charge is 0.364 e. The molecule has 0 saturated carbocycles. The Labute approximate surface area is 119 Å². The fourth-order valence-corrected chi connectivity index (χ4v) is 2.57. The highest BCUT2D eigenvalue weighted by Gasteiger charge is 2.23. The maximum absolute atomic E-state index is 11.5. The first kappa shape index (κ1) is 14.7. The molecule has 3 N–H and O–H groups in total. The van der Waals surface area contributed by atoms with Gasteiger partial charge in [0.1, 0.15) is 0 Å². The van der Waals surface area contributed by atoms with Crippen molar-refractivity contribution in [1.82, 2.24) is 15.3 Å². The molecule has 6 heteroatoms. The molecule has 6 nitrogen and oxygen atoms in total. The van der Waals surface area contributed by atoms with E-state index in [0.29, 0.717) is 11.9 Å². The lowest BCUT2D eigenvalue weighted by Gasteiger charge is -2.34. The Hall–Kier alpha value is -1.69. The normalized spacial score (nSPS) is 19.1. The average molecular weight is 277 g/mol. The van der Waals surface area contributed by atoms with Crippen molar-refractivity contribution >= 4 is 11.7 Å². The summed E-state index contributed by atoms with van der Waals surface area (Å²) in [6.45, 7) is 6.04.